The van der Waals surface area contributed by atoms with Crippen LogP contribution in [0.4, 0.5) is 11.4 Å². The van der Waals surface area contributed by atoms with Gasteiger partial charge >= 0.3 is 0 Å². The second-order valence-electron chi connectivity index (χ2n) is 6.63. The molecule has 2 N–H and O–H groups in total. The molecule has 0 radical (unpaired) electrons. The summed E-state index contributed by atoms with van der Waals surface area (Å²) in [4.78, 5) is 24.2. The average Bonchev–Trinajstić information content (AvgIpc) is 2.58. The summed E-state index contributed by atoms with van der Waals surface area (Å²) in [5.74, 6) is 0.623. The maximum atomic E-state index is 12.1. The Morgan fingerprint density at radius 3 is 2.23 bits per heavy atom. The van der Waals surface area contributed by atoms with Crippen LogP contribution in [-0.4, -0.2) is 23.3 Å². The molecule has 0 heterocycles. The summed E-state index contributed by atoms with van der Waals surface area (Å²) in [5.41, 5.74) is 5.06. The number of hydrogen-bond acceptors (Lipinski definition) is 3. The standard InChI is InChI=1S/C21H26N2O2S/c1-14(2)18-7-5-6-8-19(18)23-21(25)13-26-12-20(24)22-17-10-9-15(3)16(4)11-17/h5-11,14H,12-13H2,1-4H3,(H,22,24)(H,23,25). The molecule has 0 unspecified atom stereocenters. The van der Waals surface area contributed by atoms with Gasteiger partial charge in [0.25, 0.3) is 0 Å². The van der Waals surface area contributed by atoms with E-state index in [4.69, 9.17) is 0 Å². The molecular formula is C21H26N2O2S. The van der Waals surface area contributed by atoms with Crippen molar-refractivity contribution in [1.29, 1.82) is 0 Å². The Kier molecular flexibility index (Phi) is 7.27. The van der Waals surface area contributed by atoms with Gasteiger partial charge in [-0.05, 0) is 54.7 Å². The predicted octanol–water partition coefficient (Wildman–Crippen LogP) is 4.74. The van der Waals surface area contributed by atoms with Crippen molar-refractivity contribution in [3.8, 4) is 0 Å². The number of anilines is 2. The molecule has 0 spiro atoms. The number of thioether (sulfide) groups is 1. The zero-order valence-electron chi connectivity index (χ0n) is 15.8. The third-order valence-electron chi connectivity index (χ3n) is 4.11. The first-order valence-corrected chi connectivity index (χ1v) is 9.86. The van der Waals surface area contributed by atoms with Crippen molar-refractivity contribution in [2.45, 2.75) is 33.6 Å². The molecule has 0 aliphatic rings. The summed E-state index contributed by atoms with van der Waals surface area (Å²) in [6, 6.07) is 13.6. The minimum atomic E-state index is -0.103. The van der Waals surface area contributed by atoms with Gasteiger partial charge in [0, 0.05) is 11.4 Å². The molecule has 0 aliphatic heterocycles. The highest BCUT2D eigenvalue weighted by atomic mass is 32.2. The maximum Gasteiger partial charge on any atom is 0.234 e. The highest BCUT2D eigenvalue weighted by Crippen LogP contribution is 2.23. The number of para-hydroxylation sites is 1. The van der Waals surface area contributed by atoms with Gasteiger partial charge in [-0.15, -0.1) is 11.8 Å². The minimum Gasteiger partial charge on any atom is -0.325 e. The van der Waals surface area contributed by atoms with E-state index in [-0.39, 0.29) is 23.3 Å². The second kappa shape index (κ2) is 9.43. The Hall–Kier alpha value is -2.27. The number of carbonyl (C=O) groups is 2. The number of carbonyl (C=O) groups excluding carboxylic acids is 2. The fraction of sp³-hybridized carbons (Fsp3) is 0.333. The van der Waals surface area contributed by atoms with Crippen molar-refractivity contribution in [1.82, 2.24) is 0 Å². The highest BCUT2D eigenvalue weighted by Gasteiger charge is 2.10. The number of rotatable bonds is 7. The van der Waals surface area contributed by atoms with Crippen LogP contribution in [0.15, 0.2) is 42.5 Å². The third kappa shape index (κ3) is 5.92. The van der Waals surface area contributed by atoms with E-state index in [0.29, 0.717) is 5.92 Å². The lowest BCUT2D eigenvalue weighted by atomic mass is 10.0. The van der Waals surface area contributed by atoms with Crippen LogP contribution in [0, 0.1) is 13.8 Å². The monoisotopic (exact) mass is 370 g/mol. The summed E-state index contributed by atoms with van der Waals surface area (Å²) in [7, 11) is 0. The molecule has 4 nitrogen and oxygen atoms in total. The van der Waals surface area contributed by atoms with Crippen LogP contribution in [0.3, 0.4) is 0 Å². The van der Waals surface area contributed by atoms with E-state index >= 15 is 0 Å². The van der Waals surface area contributed by atoms with E-state index in [0.717, 1.165) is 22.5 Å². The molecule has 2 aromatic rings. The zero-order chi connectivity index (χ0) is 19.1. The maximum absolute atomic E-state index is 12.1. The minimum absolute atomic E-state index is 0.0953. The molecule has 0 fully saturated rings. The van der Waals surface area contributed by atoms with Crippen molar-refractivity contribution < 1.29 is 9.59 Å². The second-order valence-corrected chi connectivity index (χ2v) is 7.62. The van der Waals surface area contributed by atoms with E-state index in [2.05, 4.69) is 24.5 Å². The summed E-state index contributed by atoms with van der Waals surface area (Å²) in [6.07, 6.45) is 0. The number of benzene rings is 2. The van der Waals surface area contributed by atoms with Crippen LogP contribution in [-0.2, 0) is 9.59 Å². The quantitative estimate of drug-likeness (QED) is 0.740. The van der Waals surface area contributed by atoms with E-state index in [1.165, 1.54) is 17.3 Å². The molecule has 138 valence electrons. The highest BCUT2D eigenvalue weighted by molar-refractivity contribution is 8.00. The topological polar surface area (TPSA) is 58.2 Å². The molecule has 0 bridgehead atoms. The lowest BCUT2D eigenvalue weighted by Gasteiger charge is -2.13. The molecule has 0 aromatic heterocycles. The smallest absolute Gasteiger partial charge is 0.234 e. The molecule has 2 amide bonds. The van der Waals surface area contributed by atoms with Crippen LogP contribution in [0.25, 0.3) is 0 Å². The fourth-order valence-corrected chi connectivity index (χ4v) is 3.17. The molecule has 0 saturated carbocycles. The number of aryl methyl sites for hydroxylation is 2. The Morgan fingerprint density at radius 1 is 0.923 bits per heavy atom. The normalized spacial score (nSPS) is 10.7. The molecule has 5 heteroatoms. The third-order valence-corrected chi connectivity index (χ3v) is 5.05. The van der Waals surface area contributed by atoms with Crippen LogP contribution in [0.1, 0.15) is 36.5 Å². The van der Waals surface area contributed by atoms with Crippen LogP contribution >= 0.6 is 11.8 Å². The first kappa shape index (κ1) is 20.0. The van der Waals surface area contributed by atoms with Crippen molar-refractivity contribution >= 4 is 35.0 Å². The van der Waals surface area contributed by atoms with Gasteiger partial charge < -0.3 is 10.6 Å². The van der Waals surface area contributed by atoms with E-state index in [9.17, 15) is 9.59 Å². The Morgan fingerprint density at radius 2 is 1.58 bits per heavy atom. The molecule has 2 rings (SSSR count). The molecule has 0 atom stereocenters. The van der Waals surface area contributed by atoms with Gasteiger partial charge in [-0.2, -0.15) is 0 Å². The van der Waals surface area contributed by atoms with Gasteiger partial charge in [0.1, 0.15) is 0 Å². The number of amides is 2. The fourth-order valence-electron chi connectivity index (χ4n) is 2.55. The molecule has 2 aromatic carbocycles. The Balaban J connectivity index is 1.79. The van der Waals surface area contributed by atoms with E-state index in [1.54, 1.807) is 0 Å². The van der Waals surface area contributed by atoms with E-state index in [1.807, 2.05) is 56.3 Å². The summed E-state index contributed by atoms with van der Waals surface area (Å²) >= 11 is 1.31. The van der Waals surface area contributed by atoms with Gasteiger partial charge in [-0.3, -0.25) is 9.59 Å². The first-order chi connectivity index (χ1) is 12.4. The molecule has 0 aliphatic carbocycles. The van der Waals surface area contributed by atoms with E-state index < -0.39 is 0 Å². The largest absolute Gasteiger partial charge is 0.325 e. The lowest BCUT2D eigenvalue weighted by Crippen LogP contribution is -2.19. The lowest BCUT2D eigenvalue weighted by molar-refractivity contribution is -0.114. The molecular weight excluding hydrogens is 344 g/mol. The number of hydrogen-bond donors (Lipinski definition) is 2. The summed E-state index contributed by atoms with van der Waals surface area (Å²) in [5, 5.41) is 5.80. The zero-order valence-corrected chi connectivity index (χ0v) is 16.6. The summed E-state index contributed by atoms with van der Waals surface area (Å²) in [6.45, 7) is 8.24. The average molecular weight is 371 g/mol. The van der Waals surface area contributed by atoms with Crippen LogP contribution in [0.2, 0.25) is 0 Å². The van der Waals surface area contributed by atoms with Gasteiger partial charge in [0.05, 0.1) is 11.5 Å². The van der Waals surface area contributed by atoms with Gasteiger partial charge in [-0.1, -0.05) is 38.1 Å². The molecule has 26 heavy (non-hydrogen) atoms. The van der Waals surface area contributed by atoms with Crippen molar-refractivity contribution in [3.05, 3.63) is 59.2 Å². The van der Waals surface area contributed by atoms with Gasteiger partial charge in [0.15, 0.2) is 0 Å². The Labute approximate surface area is 159 Å². The Bertz CT molecular complexity index is 787. The summed E-state index contributed by atoms with van der Waals surface area (Å²) < 4.78 is 0. The van der Waals surface area contributed by atoms with Gasteiger partial charge in [-0.25, -0.2) is 0 Å². The van der Waals surface area contributed by atoms with Crippen molar-refractivity contribution in [2.75, 3.05) is 22.1 Å². The first-order valence-electron chi connectivity index (χ1n) is 8.70. The van der Waals surface area contributed by atoms with Crippen molar-refractivity contribution in [3.63, 3.8) is 0 Å². The van der Waals surface area contributed by atoms with Crippen LogP contribution in [0.5, 0.6) is 0 Å². The number of nitrogens with one attached hydrogen (secondary N) is 2. The van der Waals surface area contributed by atoms with Gasteiger partial charge in [0.2, 0.25) is 11.8 Å². The van der Waals surface area contributed by atoms with Crippen LogP contribution < -0.4 is 10.6 Å². The van der Waals surface area contributed by atoms with Crippen molar-refractivity contribution in [2.24, 2.45) is 0 Å². The molecule has 0 saturated heterocycles. The SMILES string of the molecule is Cc1ccc(NC(=O)CSCC(=O)Nc2ccccc2C(C)C)cc1C. The predicted molar refractivity (Wildman–Crippen MR) is 111 cm³/mol.